The third-order valence-electron chi connectivity index (χ3n) is 17.2. The Hall–Kier alpha value is -10.2. The van der Waals surface area contributed by atoms with Crippen molar-refractivity contribution < 1.29 is 53.2 Å². The zero-order valence-corrected chi connectivity index (χ0v) is 49.7. The molecule has 0 saturated heterocycles. The van der Waals surface area contributed by atoms with Gasteiger partial charge in [0.15, 0.2) is 22.3 Å². The molecule has 0 amide bonds. The Balaban J connectivity index is 0.00000567. The maximum Gasteiger partial charge on any atom is 2.00 e. The summed E-state index contributed by atoms with van der Waals surface area (Å²) in [6, 6.07) is 93.4. The standard InChI is InChI=1S/C79H44O5.U/c1-45-59(25-26-60-65-40-50(46-12-5-2-6-13-46)20-31-70(65)80-75(45)60)55-19-11-18-49(36-55)56-37-57(53-23-34-73-68(43-53)63-29-27-61-66-41-51(47-14-7-3-8-15-47)21-32-71(66)81-76(61)78(63)83-73)39-58(38-56)54-24-35-74-69(44-54)64-30-28-62-67-42-52(48-16-9-4-10-17-48)22-33-72(67)82-77(62)79(64)84-74;/h2-18,20-44H,1H2;/q-2;+2. The SMILES string of the molecule is [CH2-]c1c(-c2[c-]ccc(-c3cc(-c4ccc5oc6c(ccc7c8cc(-c9ccccc9)ccc8oc76)c5c4)cc(-c4ccc5oc6c(ccc7c8cc(-c9ccccc9)ccc8oc76)c5c4)c3)c2)ccc2c1oc1ccc(-c3ccccc3)cc12.[U+2]. The first kappa shape index (κ1) is 49.4. The molecule has 0 fully saturated rings. The van der Waals surface area contributed by atoms with Crippen molar-refractivity contribution in [1.29, 1.82) is 0 Å². The Morgan fingerprint density at radius 2 is 0.529 bits per heavy atom. The van der Waals surface area contributed by atoms with Crippen LogP contribution in [0.15, 0.2) is 277 Å². The normalized spacial score (nSPS) is 12.0. The van der Waals surface area contributed by atoms with Crippen LogP contribution in [0.5, 0.6) is 0 Å². The van der Waals surface area contributed by atoms with Gasteiger partial charge in [-0.2, -0.15) is 6.92 Å². The second-order valence-electron chi connectivity index (χ2n) is 22.1. The fourth-order valence-corrected chi connectivity index (χ4v) is 13.0. The fourth-order valence-electron chi connectivity index (χ4n) is 13.0. The largest absolute Gasteiger partial charge is 2.00 e. The Morgan fingerprint density at radius 1 is 0.235 bits per heavy atom. The molecule has 13 aromatic carbocycles. The number of benzene rings is 13. The number of fused-ring (bicyclic) bond motifs is 17. The van der Waals surface area contributed by atoms with E-state index in [-0.39, 0.29) is 31.1 Å². The monoisotopic (exact) mass is 1310 g/mol. The van der Waals surface area contributed by atoms with Gasteiger partial charge in [0.1, 0.15) is 27.9 Å². The summed E-state index contributed by atoms with van der Waals surface area (Å²) in [6.45, 7) is 4.64. The number of furan rings is 5. The van der Waals surface area contributed by atoms with Gasteiger partial charge in [0.25, 0.3) is 0 Å². The van der Waals surface area contributed by atoms with Crippen LogP contribution in [0.2, 0.25) is 0 Å². The van der Waals surface area contributed by atoms with Crippen molar-refractivity contribution in [3.63, 3.8) is 0 Å². The molecule has 0 spiro atoms. The van der Waals surface area contributed by atoms with Gasteiger partial charge in [-0.3, -0.25) is 0 Å². The molecule has 6 heteroatoms. The van der Waals surface area contributed by atoms with Crippen molar-refractivity contribution in [2.75, 3.05) is 0 Å². The van der Waals surface area contributed by atoms with E-state index in [1.54, 1.807) is 0 Å². The molecule has 0 atom stereocenters. The zero-order valence-electron chi connectivity index (χ0n) is 45.5. The van der Waals surface area contributed by atoms with Crippen LogP contribution in [0.25, 0.3) is 188 Å². The molecular formula is C79H44O5U. The van der Waals surface area contributed by atoms with Crippen molar-refractivity contribution in [2.24, 2.45) is 0 Å². The van der Waals surface area contributed by atoms with Crippen molar-refractivity contribution >= 4 is 110 Å². The fraction of sp³-hybridized carbons (Fsp3) is 0. The van der Waals surface area contributed by atoms with Gasteiger partial charge < -0.3 is 22.1 Å². The molecule has 5 heterocycles. The summed E-state index contributed by atoms with van der Waals surface area (Å²) in [6.07, 6.45) is 0. The second kappa shape index (κ2) is 19.2. The van der Waals surface area contributed by atoms with Crippen molar-refractivity contribution in [3.8, 4) is 77.9 Å². The van der Waals surface area contributed by atoms with Gasteiger partial charge in [-0.05, 0) is 170 Å². The molecule has 0 bridgehead atoms. The van der Waals surface area contributed by atoms with Crippen LogP contribution >= 0.6 is 0 Å². The number of rotatable bonds is 7. The summed E-state index contributed by atoms with van der Waals surface area (Å²) in [7, 11) is 0. The molecule has 0 radical (unpaired) electrons. The van der Waals surface area contributed by atoms with Gasteiger partial charge in [-0.25, -0.2) is 0 Å². The minimum absolute atomic E-state index is 0. The molecule has 18 aromatic rings. The zero-order chi connectivity index (χ0) is 55.1. The van der Waals surface area contributed by atoms with E-state index in [0.717, 1.165) is 193 Å². The van der Waals surface area contributed by atoms with E-state index >= 15 is 0 Å². The van der Waals surface area contributed by atoms with Crippen molar-refractivity contribution in [3.05, 3.63) is 273 Å². The van der Waals surface area contributed by atoms with Crippen LogP contribution in [-0.4, -0.2) is 0 Å². The quantitative estimate of drug-likeness (QED) is 0.149. The molecule has 5 nitrogen and oxygen atoms in total. The Morgan fingerprint density at radius 3 is 0.882 bits per heavy atom. The molecule has 0 aliphatic rings. The Kier molecular flexibility index (Phi) is 11.1. The molecule has 0 N–H and O–H groups in total. The first-order valence-electron chi connectivity index (χ1n) is 28.3. The van der Waals surface area contributed by atoms with E-state index in [9.17, 15) is 0 Å². The summed E-state index contributed by atoms with van der Waals surface area (Å²) in [5, 5.41) is 10.3. The van der Waals surface area contributed by atoms with Gasteiger partial charge >= 0.3 is 31.1 Å². The minimum Gasteiger partial charge on any atom is -0.515 e. The summed E-state index contributed by atoms with van der Waals surface area (Å²) >= 11 is 0. The van der Waals surface area contributed by atoms with Crippen LogP contribution in [0, 0.1) is 44.1 Å². The van der Waals surface area contributed by atoms with Gasteiger partial charge in [0.05, 0.1) is 0 Å². The minimum atomic E-state index is 0. The Bertz CT molecular complexity index is 5490. The van der Waals surface area contributed by atoms with E-state index < -0.39 is 0 Å². The van der Waals surface area contributed by atoms with Crippen LogP contribution in [0.3, 0.4) is 0 Å². The second-order valence-corrected chi connectivity index (χ2v) is 22.1. The molecule has 0 aliphatic heterocycles. The molecule has 0 saturated carbocycles. The van der Waals surface area contributed by atoms with E-state index in [2.05, 4.69) is 244 Å². The average Bonchev–Trinajstić information content (AvgIpc) is 3.03. The summed E-state index contributed by atoms with van der Waals surface area (Å²) in [5.41, 5.74) is 23.7. The first-order valence-corrected chi connectivity index (χ1v) is 28.3. The van der Waals surface area contributed by atoms with Crippen LogP contribution in [-0.2, 0) is 0 Å². The number of hydrogen-bond donors (Lipinski definition) is 0. The van der Waals surface area contributed by atoms with E-state index in [4.69, 9.17) is 22.1 Å². The summed E-state index contributed by atoms with van der Waals surface area (Å²) < 4.78 is 33.3. The van der Waals surface area contributed by atoms with Crippen molar-refractivity contribution in [1.82, 2.24) is 0 Å². The van der Waals surface area contributed by atoms with Gasteiger partial charge in [-0.15, -0.1) is 46.5 Å². The molecule has 85 heavy (non-hydrogen) atoms. The van der Waals surface area contributed by atoms with Gasteiger partial charge in [-0.1, -0.05) is 133 Å². The molecule has 5 aromatic heterocycles. The third-order valence-corrected chi connectivity index (χ3v) is 17.2. The molecule has 394 valence electrons. The molecular weight excluding hydrogens is 1270 g/mol. The Labute approximate surface area is 510 Å². The molecule has 0 aliphatic carbocycles. The number of hydrogen-bond acceptors (Lipinski definition) is 5. The van der Waals surface area contributed by atoms with Gasteiger partial charge in [0, 0.05) is 54.1 Å². The first-order chi connectivity index (χ1) is 41.5. The van der Waals surface area contributed by atoms with Gasteiger partial charge in [0.2, 0.25) is 0 Å². The summed E-state index contributed by atoms with van der Waals surface area (Å²) in [4.78, 5) is 0. The average molecular weight is 1310 g/mol. The topological polar surface area (TPSA) is 65.7 Å². The third kappa shape index (κ3) is 7.87. The van der Waals surface area contributed by atoms with E-state index in [1.807, 2.05) is 24.3 Å². The van der Waals surface area contributed by atoms with Crippen LogP contribution in [0.1, 0.15) is 5.56 Å². The maximum absolute atomic E-state index is 6.73. The maximum atomic E-state index is 6.73. The summed E-state index contributed by atoms with van der Waals surface area (Å²) in [5.74, 6) is 0. The van der Waals surface area contributed by atoms with E-state index in [0.29, 0.717) is 0 Å². The molecule has 18 rings (SSSR count). The smallest absolute Gasteiger partial charge is 0.515 e. The predicted octanol–water partition coefficient (Wildman–Crippen LogP) is 22.8. The van der Waals surface area contributed by atoms with Crippen LogP contribution in [0.4, 0.5) is 0 Å². The van der Waals surface area contributed by atoms with Crippen LogP contribution < -0.4 is 0 Å². The van der Waals surface area contributed by atoms with E-state index in [1.165, 1.54) is 0 Å². The molecule has 0 unspecified atom stereocenters. The predicted molar refractivity (Wildman–Crippen MR) is 344 cm³/mol. The van der Waals surface area contributed by atoms with Crippen molar-refractivity contribution in [2.45, 2.75) is 0 Å².